The molecule has 160 valence electrons. The Kier molecular flexibility index (Phi) is 6.27. The van der Waals surface area contributed by atoms with E-state index in [2.05, 4.69) is 20.4 Å². The number of nitrogens with zero attached hydrogens (tertiary/aromatic N) is 3. The summed E-state index contributed by atoms with van der Waals surface area (Å²) in [5, 5.41) is 7.09. The molecule has 1 unspecified atom stereocenters. The number of hydrogen-bond donors (Lipinski definition) is 2. The molecular formula is C22H22ClN5O3. The van der Waals surface area contributed by atoms with Crippen LogP contribution in [0.15, 0.2) is 58.4 Å². The Hall–Kier alpha value is -3.26. The summed E-state index contributed by atoms with van der Waals surface area (Å²) < 4.78 is 0.907. The Bertz CT molecular complexity index is 1190. The molecule has 1 aliphatic rings. The maximum absolute atomic E-state index is 13.2. The third kappa shape index (κ3) is 4.74. The van der Waals surface area contributed by atoms with E-state index in [9.17, 15) is 14.4 Å². The Morgan fingerprint density at radius 3 is 2.58 bits per heavy atom. The predicted molar refractivity (Wildman–Crippen MR) is 116 cm³/mol. The van der Waals surface area contributed by atoms with Gasteiger partial charge in [0.15, 0.2) is 5.82 Å². The zero-order valence-electron chi connectivity index (χ0n) is 16.8. The number of halogens is 1. The van der Waals surface area contributed by atoms with Crippen LogP contribution in [0.2, 0.25) is 5.02 Å². The first-order valence-corrected chi connectivity index (χ1v) is 10.6. The third-order valence-electron chi connectivity index (χ3n) is 5.58. The number of amides is 1. The minimum Gasteiger partial charge on any atom is -0.345 e. The van der Waals surface area contributed by atoms with Gasteiger partial charge in [0.1, 0.15) is 6.20 Å². The largest absolute Gasteiger partial charge is 0.351 e. The van der Waals surface area contributed by atoms with E-state index < -0.39 is 11.2 Å². The number of aromatic nitrogens is 4. The van der Waals surface area contributed by atoms with Crippen LogP contribution in [0, 0.1) is 5.92 Å². The number of pyridine rings is 1. The Labute approximate surface area is 183 Å². The zero-order valence-corrected chi connectivity index (χ0v) is 17.5. The van der Waals surface area contributed by atoms with Gasteiger partial charge in [0.05, 0.1) is 16.6 Å². The fraction of sp³-hybridized carbons (Fsp3) is 0.318. The van der Waals surface area contributed by atoms with E-state index in [-0.39, 0.29) is 28.4 Å². The molecule has 0 saturated heterocycles. The number of hydrogen-bond acceptors (Lipinski definition) is 5. The van der Waals surface area contributed by atoms with Crippen molar-refractivity contribution in [3.05, 3.63) is 85.8 Å². The molecule has 1 amide bonds. The highest BCUT2D eigenvalue weighted by Gasteiger charge is 2.27. The fourth-order valence-electron chi connectivity index (χ4n) is 4.05. The lowest BCUT2D eigenvalue weighted by molar-refractivity contribution is 0.0912. The van der Waals surface area contributed by atoms with Crippen molar-refractivity contribution < 1.29 is 4.79 Å². The Balaban J connectivity index is 1.66. The molecule has 1 fully saturated rings. The van der Waals surface area contributed by atoms with Gasteiger partial charge in [-0.3, -0.25) is 14.6 Å². The van der Waals surface area contributed by atoms with Gasteiger partial charge in [-0.1, -0.05) is 61.2 Å². The number of carbonyl (C=O) groups is 1. The van der Waals surface area contributed by atoms with Gasteiger partial charge in [-0.05, 0) is 30.4 Å². The van der Waals surface area contributed by atoms with E-state index in [0.29, 0.717) is 5.92 Å². The summed E-state index contributed by atoms with van der Waals surface area (Å²) in [7, 11) is 0. The number of nitrogens with one attached hydrogen (secondary N) is 2. The second-order valence-electron chi connectivity index (χ2n) is 7.63. The summed E-state index contributed by atoms with van der Waals surface area (Å²) >= 11 is 6.27. The minimum atomic E-state index is -0.752. The van der Waals surface area contributed by atoms with Gasteiger partial charge >= 0.3 is 5.69 Å². The van der Waals surface area contributed by atoms with Crippen molar-refractivity contribution in [1.82, 2.24) is 25.1 Å². The summed E-state index contributed by atoms with van der Waals surface area (Å²) in [6.45, 7) is 0. The standard InChI is InChI=1S/C22H22ClN5O3/c23-17-12-24-18(28-22(31)26-19(29)13-25-28)11-16(17)21(30)27-20(14-7-3-1-4-8-14)15-9-5-2-6-10-15/h1,3-4,7-8,11-13,15,20H,2,5-6,9-10H2,(H,27,30)(H,26,29,31). The maximum Gasteiger partial charge on any atom is 0.351 e. The van der Waals surface area contributed by atoms with Crippen molar-refractivity contribution in [3.63, 3.8) is 0 Å². The van der Waals surface area contributed by atoms with E-state index in [1.165, 1.54) is 18.7 Å². The van der Waals surface area contributed by atoms with Gasteiger partial charge in [0, 0.05) is 6.20 Å². The maximum atomic E-state index is 13.2. The SMILES string of the molecule is O=C(NC(c1ccccc1)C1CCCCC1)c1cc(-n2ncc(=O)[nH]c2=O)ncc1Cl. The summed E-state index contributed by atoms with van der Waals surface area (Å²) in [4.78, 5) is 42.7. The van der Waals surface area contributed by atoms with E-state index in [1.54, 1.807) is 0 Å². The highest BCUT2D eigenvalue weighted by atomic mass is 35.5. The second-order valence-corrected chi connectivity index (χ2v) is 8.04. The van der Waals surface area contributed by atoms with Crippen LogP contribution in [0.3, 0.4) is 0 Å². The lowest BCUT2D eigenvalue weighted by Crippen LogP contribution is -2.35. The zero-order chi connectivity index (χ0) is 21.8. The molecule has 1 atom stereocenters. The fourth-order valence-corrected chi connectivity index (χ4v) is 4.24. The van der Waals surface area contributed by atoms with Gasteiger partial charge in [-0.25, -0.2) is 9.78 Å². The van der Waals surface area contributed by atoms with Gasteiger partial charge in [0.2, 0.25) is 0 Å². The van der Waals surface area contributed by atoms with Crippen LogP contribution < -0.4 is 16.6 Å². The van der Waals surface area contributed by atoms with Crippen LogP contribution in [0.25, 0.3) is 5.82 Å². The molecule has 2 aromatic heterocycles. The molecule has 1 saturated carbocycles. The number of benzene rings is 1. The Morgan fingerprint density at radius 2 is 1.87 bits per heavy atom. The van der Waals surface area contributed by atoms with Crippen molar-refractivity contribution in [2.45, 2.75) is 38.1 Å². The van der Waals surface area contributed by atoms with E-state index >= 15 is 0 Å². The number of H-pyrrole nitrogens is 1. The molecule has 31 heavy (non-hydrogen) atoms. The summed E-state index contributed by atoms with van der Waals surface area (Å²) in [6, 6.07) is 11.2. The monoisotopic (exact) mass is 439 g/mol. The van der Waals surface area contributed by atoms with Crippen LogP contribution in [0.5, 0.6) is 0 Å². The van der Waals surface area contributed by atoms with Crippen molar-refractivity contribution >= 4 is 17.5 Å². The number of carbonyl (C=O) groups excluding carboxylic acids is 1. The third-order valence-corrected chi connectivity index (χ3v) is 5.88. The number of rotatable bonds is 5. The normalized spacial score (nSPS) is 15.4. The first kappa shape index (κ1) is 21.0. The van der Waals surface area contributed by atoms with Crippen molar-refractivity contribution in [2.24, 2.45) is 5.92 Å². The molecule has 4 rings (SSSR count). The molecule has 0 radical (unpaired) electrons. The predicted octanol–water partition coefficient (Wildman–Crippen LogP) is 3.02. The average Bonchev–Trinajstić information content (AvgIpc) is 2.79. The van der Waals surface area contributed by atoms with Crippen LogP contribution in [-0.4, -0.2) is 25.7 Å². The van der Waals surface area contributed by atoms with Crippen LogP contribution in [0.4, 0.5) is 0 Å². The molecule has 1 aliphatic carbocycles. The number of aromatic amines is 1. The van der Waals surface area contributed by atoms with Crippen molar-refractivity contribution in [1.29, 1.82) is 0 Å². The summed E-state index contributed by atoms with van der Waals surface area (Å²) in [6.07, 6.45) is 7.86. The van der Waals surface area contributed by atoms with Crippen molar-refractivity contribution in [3.8, 4) is 5.82 Å². The lowest BCUT2D eigenvalue weighted by atomic mass is 9.81. The molecule has 2 N–H and O–H groups in total. The molecule has 8 nitrogen and oxygen atoms in total. The van der Waals surface area contributed by atoms with Crippen molar-refractivity contribution in [2.75, 3.05) is 0 Å². The van der Waals surface area contributed by atoms with E-state index in [4.69, 9.17) is 11.6 Å². The molecule has 0 spiro atoms. The smallest absolute Gasteiger partial charge is 0.345 e. The molecule has 3 aromatic rings. The van der Waals surface area contributed by atoms with Crippen LogP contribution in [-0.2, 0) is 0 Å². The average molecular weight is 440 g/mol. The van der Waals surface area contributed by atoms with Gasteiger partial charge in [-0.2, -0.15) is 9.78 Å². The van der Waals surface area contributed by atoms with E-state index in [1.807, 2.05) is 30.3 Å². The highest BCUT2D eigenvalue weighted by molar-refractivity contribution is 6.33. The lowest BCUT2D eigenvalue weighted by Gasteiger charge is -2.31. The van der Waals surface area contributed by atoms with Crippen LogP contribution >= 0.6 is 11.6 Å². The molecular weight excluding hydrogens is 418 g/mol. The first-order chi connectivity index (χ1) is 15.0. The van der Waals surface area contributed by atoms with Gasteiger partial charge < -0.3 is 5.32 Å². The first-order valence-electron chi connectivity index (χ1n) is 10.2. The topological polar surface area (TPSA) is 110 Å². The quantitative estimate of drug-likeness (QED) is 0.635. The van der Waals surface area contributed by atoms with Gasteiger partial charge in [0.25, 0.3) is 11.5 Å². The summed E-state index contributed by atoms with van der Waals surface area (Å²) in [5.74, 6) is 0.0685. The second kappa shape index (κ2) is 9.26. The molecule has 0 bridgehead atoms. The molecule has 1 aromatic carbocycles. The molecule has 2 heterocycles. The van der Waals surface area contributed by atoms with Gasteiger partial charge in [-0.15, -0.1) is 0 Å². The van der Waals surface area contributed by atoms with E-state index in [0.717, 1.165) is 42.1 Å². The molecule has 9 heteroatoms. The van der Waals surface area contributed by atoms with Crippen LogP contribution in [0.1, 0.15) is 54.1 Å². The molecule has 0 aliphatic heterocycles. The Morgan fingerprint density at radius 1 is 1.13 bits per heavy atom. The highest BCUT2D eigenvalue weighted by Crippen LogP contribution is 2.35. The minimum absolute atomic E-state index is 0.0877. The summed E-state index contributed by atoms with van der Waals surface area (Å²) in [5.41, 5.74) is -0.139.